The summed E-state index contributed by atoms with van der Waals surface area (Å²) in [5, 5.41) is 4.54. The number of likely N-dealkylation sites (tertiary alicyclic amines) is 1. The summed E-state index contributed by atoms with van der Waals surface area (Å²) in [6.07, 6.45) is 4.49. The van der Waals surface area contributed by atoms with Gasteiger partial charge < -0.3 is 19.1 Å². The summed E-state index contributed by atoms with van der Waals surface area (Å²) in [6.45, 7) is 2.28. The molecule has 0 radical (unpaired) electrons. The molecule has 0 aliphatic carbocycles. The van der Waals surface area contributed by atoms with Crippen LogP contribution in [0.5, 0.6) is 5.88 Å². The third-order valence-corrected chi connectivity index (χ3v) is 5.32. The van der Waals surface area contributed by atoms with Crippen LogP contribution < -0.4 is 4.74 Å². The Labute approximate surface area is 171 Å². The predicted molar refractivity (Wildman–Crippen MR) is 102 cm³/mol. The monoisotopic (exact) mass is 419 g/mol. The van der Waals surface area contributed by atoms with E-state index in [1.807, 2.05) is 6.92 Å². The van der Waals surface area contributed by atoms with Gasteiger partial charge >= 0.3 is 0 Å². The second kappa shape index (κ2) is 7.82. The lowest BCUT2D eigenvalue weighted by molar-refractivity contribution is 0.0587. The number of carbonyl (C=O) groups excluding carboxylic acids is 1. The SMILES string of the molecule is COc1nccc(C(=O)N2C[C@@H](c3nc(-c4cc(Cl)c[nH]4)no3)CC[C@H]2C)c1F. The summed E-state index contributed by atoms with van der Waals surface area (Å²) in [7, 11) is 1.31. The lowest BCUT2D eigenvalue weighted by atomic mass is 9.92. The predicted octanol–water partition coefficient (Wildman–Crippen LogP) is 3.67. The zero-order chi connectivity index (χ0) is 20.5. The van der Waals surface area contributed by atoms with Crippen LogP contribution in [0.2, 0.25) is 5.02 Å². The van der Waals surface area contributed by atoms with Gasteiger partial charge in [0.1, 0.15) is 0 Å². The van der Waals surface area contributed by atoms with Crippen molar-refractivity contribution < 1.29 is 18.4 Å². The number of halogens is 2. The Kier molecular flexibility index (Phi) is 5.23. The van der Waals surface area contributed by atoms with E-state index in [9.17, 15) is 9.18 Å². The maximum Gasteiger partial charge on any atom is 0.257 e. The molecule has 29 heavy (non-hydrogen) atoms. The Bertz CT molecular complexity index is 1040. The highest BCUT2D eigenvalue weighted by atomic mass is 35.5. The molecule has 0 spiro atoms. The number of ether oxygens (including phenoxy) is 1. The van der Waals surface area contributed by atoms with Gasteiger partial charge in [0.15, 0.2) is 5.82 Å². The Morgan fingerprint density at radius 3 is 3.00 bits per heavy atom. The zero-order valence-electron chi connectivity index (χ0n) is 15.9. The highest BCUT2D eigenvalue weighted by Gasteiger charge is 2.34. The zero-order valence-corrected chi connectivity index (χ0v) is 16.6. The smallest absolute Gasteiger partial charge is 0.257 e. The third-order valence-electron chi connectivity index (χ3n) is 5.10. The molecule has 1 aliphatic rings. The van der Waals surface area contributed by atoms with E-state index in [2.05, 4.69) is 20.1 Å². The standard InChI is InChI=1S/C19H19ClFN5O3/c1-10-3-4-11(17-24-16(25-29-17)14-7-12(20)8-23-14)9-26(10)19(27)13-5-6-22-18(28-2)15(13)21/h5-8,10-11,23H,3-4,9H2,1-2H3/t10-,11+/m1/s1. The van der Waals surface area contributed by atoms with Crippen LogP contribution in [-0.4, -0.2) is 50.6 Å². The van der Waals surface area contributed by atoms with Gasteiger partial charge in [0.2, 0.25) is 11.7 Å². The molecule has 3 aromatic rings. The first-order valence-corrected chi connectivity index (χ1v) is 9.53. The van der Waals surface area contributed by atoms with Crippen LogP contribution in [0.15, 0.2) is 29.0 Å². The van der Waals surface area contributed by atoms with Gasteiger partial charge in [0.05, 0.1) is 29.3 Å². The van der Waals surface area contributed by atoms with E-state index in [1.54, 1.807) is 17.2 Å². The van der Waals surface area contributed by atoms with Crippen LogP contribution in [0.25, 0.3) is 11.5 Å². The Morgan fingerprint density at radius 1 is 1.45 bits per heavy atom. The molecule has 2 atom stereocenters. The van der Waals surface area contributed by atoms with Crippen molar-refractivity contribution in [2.75, 3.05) is 13.7 Å². The Balaban J connectivity index is 1.56. The van der Waals surface area contributed by atoms with Crippen molar-refractivity contribution in [2.45, 2.75) is 31.7 Å². The van der Waals surface area contributed by atoms with E-state index in [4.69, 9.17) is 20.9 Å². The van der Waals surface area contributed by atoms with Crippen molar-refractivity contribution >= 4 is 17.5 Å². The maximum atomic E-state index is 14.5. The number of carbonyl (C=O) groups is 1. The van der Waals surface area contributed by atoms with Gasteiger partial charge in [-0.3, -0.25) is 4.79 Å². The van der Waals surface area contributed by atoms with Crippen LogP contribution in [0.3, 0.4) is 0 Å². The van der Waals surface area contributed by atoms with Gasteiger partial charge in [-0.1, -0.05) is 16.8 Å². The average Bonchev–Trinajstić information content (AvgIpc) is 3.37. The van der Waals surface area contributed by atoms with Crippen molar-refractivity contribution in [3.63, 3.8) is 0 Å². The molecule has 152 valence electrons. The Morgan fingerprint density at radius 2 is 2.28 bits per heavy atom. The van der Waals surface area contributed by atoms with Gasteiger partial charge in [-0.25, -0.2) is 9.37 Å². The summed E-state index contributed by atoms with van der Waals surface area (Å²) in [6, 6.07) is 3.01. The maximum absolute atomic E-state index is 14.5. The molecule has 0 bridgehead atoms. The van der Waals surface area contributed by atoms with Gasteiger partial charge in [0.25, 0.3) is 11.8 Å². The fourth-order valence-electron chi connectivity index (χ4n) is 3.49. The van der Waals surface area contributed by atoms with Gasteiger partial charge in [0, 0.05) is 25.0 Å². The normalized spacial score (nSPS) is 19.4. The minimum absolute atomic E-state index is 0.0538. The minimum atomic E-state index is -0.766. The summed E-state index contributed by atoms with van der Waals surface area (Å²) >= 11 is 5.92. The van der Waals surface area contributed by atoms with Gasteiger partial charge in [-0.15, -0.1) is 0 Å². The highest BCUT2D eigenvalue weighted by molar-refractivity contribution is 6.30. The van der Waals surface area contributed by atoms with E-state index in [-0.39, 0.29) is 23.4 Å². The van der Waals surface area contributed by atoms with E-state index < -0.39 is 11.7 Å². The molecule has 8 nitrogen and oxygen atoms in total. The number of hydrogen-bond acceptors (Lipinski definition) is 6. The first kappa shape index (κ1) is 19.4. The first-order chi connectivity index (χ1) is 14.0. The van der Waals surface area contributed by atoms with Gasteiger partial charge in [-0.05, 0) is 31.9 Å². The molecule has 4 rings (SSSR count). The van der Waals surface area contributed by atoms with E-state index in [1.165, 1.54) is 19.4 Å². The summed E-state index contributed by atoms with van der Waals surface area (Å²) in [5.74, 6) is -0.706. The number of hydrogen-bond donors (Lipinski definition) is 1. The van der Waals surface area contributed by atoms with Crippen LogP contribution in [0, 0.1) is 5.82 Å². The molecule has 1 aliphatic heterocycles. The quantitative estimate of drug-likeness (QED) is 0.693. The minimum Gasteiger partial charge on any atom is -0.479 e. The first-order valence-electron chi connectivity index (χ1n) is 9.15. The largest absolute Gasteiger partial charge is 0.479 e. The molecule has 4 heterocycles. The van der Waals surface area contributed by atoms with Crippen molar-refractivity contribution in [3.05, 3.63) is 46.8 Å². The van der Waals surface area contributed by atoms with E-state index in [0.717, 1.165) is 12.8 Å². The highest BCUT2D eigenvalue weighted by Crippen LogP contribution is 2.32. The number of methoxy groups -OCH3 is 1. The van der Waals surface area contributed by atoms with Crippen LogP contribution >= 0.6 is 11.6 Å². The van der Waals surface area contributed by atoms with Gasteiger partial charge in [-0.2, -0.15) is 4.98 Å². The number of nitrogens with one attached hydrogen (secondary N) is 1. The Hall–Kier alpha value is -2.94. The number of H-pyrrole nitrogens is 1. The molecule has 0 saturated carbocycles. The number of pyridine rings is 1. The topological polar surface area (TPSA) is 97.1 Å². The summed E-state index contributed by atoms with van der Waals surface area (Å²) in [4.78, 5) is 25.8. The number of aromatic nitrogens is 4. The summed E-state index contributed by atoms with van der Waals surface area (Å²) < 4.78 is 24.8. The lowest BCUT2D eigenvalue weighted by Crippen LogP contribution is -2.45. The van der Waals surface area contributed by atoms with Crippen molar-refractivity contribution in [3.8, 4) is 17.4 Å². The molecule has 1 saturated heterocycles. The second-order valence-electron chi connectivity index (χ2n) is 6.95. The lowest BCUT2D eigenvalue weighted by Gasteiger charge is -2.36. The molecule has 1 fully saturated rings. The fourth-order valence-corrected chi connectivity index (χ4v) is 3.65. The molecule has 0 aromatic carbocycles. The number of amides is 1. The molecular weight excluding hydrogens is 401 g/mol. The second-order valence-corrected chi connectivity index (χ2v) is 7.39. The molecule has 10 heteroatoms. The number of nitrogens with zero attached hydrogens (tertiary/aromatic N) is 4. The van der Waals surface area contributed by atoms with Crippen molar-refractivity contribution in [2.24, 2.45) is 0 Å². The van der Waals surface area contributed by atoms with E-state index >= 15 is 0 Å². The fraction of sp³-hybridized carbons (Fsp3) is 0.368. The molecule has 0 unspecified atom stereocenters. The third kappa shape index (κ3) is 3.69. The van der Waals surface area contributed by atoms with Crippen LogP contribution in [0.4, 0.5) is 4.39 Å². The van der Waals surface area contributed by atoms with Crippen molar-refractivity contribution in [1.29, 1.82) is 0 Å². The molecule has 1 amide bonds. The molecular formula is C19H19ClFN5O3. The van der Waals surface area contributed by atoms with Crippen LogP contribution in [-0.2, 0) is 0 Å². The molecule has 3 aromatic heterocycles. The number of aromatic amines is 1. The number of rotatable bonds is 4. The van der Waals surface area contributed by atoms with E-state index in [0.29, 0.717) is 29.0 Å². The summed E-state index contributed by atoms with van der Waals surface area (Å²) in [5.41, 5.74) is 0.574. The van der Waals surface area contributed by atoms with Crippen LogP contribution in [0.1, 0.15) is 41.9 Å². The van der Waals surface area contributed by atoms with Crippen molar-refractivity contribution in [1.82, 2.24) is 25.0 Å². The number of piperidine rings is 1. The average molecular weight is 420 g/mol. The molecule has 1 N–H and O–H groups in total.